The van der Waals surface area contributed by atoms with Gasteiger partial charge in [0.1, 0.15) is 0 Å². The van der Waals surface area contributed by atoms with E-state index in [9.17, 15) is 14.0 Å². The Hall–Kier alpha value is -2.37. The average molecular weight is 276 g/mol. The average Bonchev–Trinajstić information content (AvgIpc) is 3.02. The number of pyridine rings is 1. The summed E-state index contributed by atoms with van der Waals surface area (Å²) < 4.78 is 15.8. The molecule has 0 bridgehead atoms. The molecule has 0 aliphatic carbocycles. The van der Waals surface area contributed by atoms with Gasteiger partial charge < -0.3 is 14.4 Å². The lowest BCUT2D eigenvalue weighted by Crippen LogP contribution is -2.38. The van der Waals surface area contributed by atoms with E-state index in [1.807, 2.05) is 24.4 Å². The van der Waals surface area contributed by atoms with Gasteiger partial charge in [0.15, 0.2) is 0 Å². The molecule has 3 heterocycles. The van der Waals surface area contributed by atoms with Gasteiger partial charge in [0.25, 0.3) is 5.91 Å². The van der Waals surface area contributed by atoms with Gasteiger partial charge in [-0.2, -0.15) is 0 Å². The van der Waals surface area contributed by atoms with Crippen LogP contribution >= 0.6 is 0 Å². The molecule has 2 aromatic rings. The Kier molecular flexibility index (Phi) is 2.74. The van der Waals surface area contributed by atoms with Crippen LogP contribution in [0.3, 0.4) is 0 Å². The third-order valence-corrected chi connectivity index (χ3v) is 3.64. The van der Waals surface area contributed by atoms with Crippen molar-refractivity contribution in [2.45, 2.75) is 12.1 Å². The number of carboxylic acids is 1. The SMILES string of the molecule is O=C(c1cc2ccccn2c1)N1CCC(F)(C(=O)O)C1. The van der Waals surface area contributed by atoms with Crippen molar-refractivity contribution in [3.63, 3.8) is 0 Å². The number of alkyl halides is 1. The van der Waals surface area contributed by atoms with Gasteiger partial charge >= 0.3 is 5.97 Å². The first-order valence-electron chi connectivity index (χ1n) is 6.28. The highest BCUT2D eigenvalue weighted by Gasteiger charge is 2.47. The summed E-state index contributed by atoms with van der Waals surface area (Å²) in [6.07, 6.45) is 3.31. The van der Waals surface area contributed by atoms with E-state index >= 15 is 0 Å². The van der Waals surface area contributed by atoms with Gasteiger partial charge in [-0.1, -0.05) is 6.07 Å². The molecule has 1 amide bonds. The maximum absolute atomic E-state index is 14.0. The van der Waals surface area contributed by atoms with E-state index in [0.29, 0.717) is 5.56 Å². The van der Waals surface area contributed by atoms with Crippen LogP contribution in [-0.2, 0) is 4.79 Å². The molecule has 0 saturated carbocycles. The zero-order valence-electron chi connectivity index (χ0n) is 10.6. The third kappa shape index (κ3) is 1.93. The fourth-order valence-corrected chi connectivity index (χ4v) is 2.48. The second-order valence-electron chi connectivity index (χ2n) is 5.01. The van der Waals surface area contributed by atoms with Gasteiger partial charge in [0.2, 0.25) is 5.67 Å². The summed E-state index contributed by atoms with van der Waals surface area (Å²) in [5.41, 5.74) is -1.03. The van der Waals surface area contributed by atoms with Crippen LogP contribution in [0.2, 0.25) is 0 Å². The smallest absolute Gasteiger partial charge is 0.343 e. The normalized spacial score (nSPS) is 22.4. The van der Waals surface area contributed by atoms with E-state index in [4.69, 9.17) is 5.11 Å². The quantitative estimate of drug-likeness (QED) is 0.905. The van der Waals surface area contributed by atoms with Gasteiger partial charge in [-0.05, 0) is 18.2 Å². The standard InChI is InChI=1S/C14H13FN2O3/c15-14(13(19)20)4-6-17(9-14)12(18)10-7-11-3-1-2-5-16(11)8-10/h1-3,5,7-8H,4,6,9H2,(H,19,20). The summed E-state index contributed by atoms with van der Waals surface area (Å²) in [5.74, 6) is -1.84. The molecule has 1 aliphatic heterocycles. The lowest BCUT2D eigenvalue weighted by molar-refractivity contribution is -0.149. The maximum atomic E-state index is 14.0. The number of halogens is 1. The van der Waals surface area contributed by atoms with Gasteiger partial charge in [-0.3, -0.25) is 4.79 Å². The predicted molar refractivity (Wildman–Crippen MR) is 69.4 cm³/mol. The van der Waals surface area contributed by atoms with Crippen LogP contribution in [0.15, 0.2) is 36.7 Å². The minimum atomic E-state index is -2.32. The molecule has 0 aromatic carbocycles. The van der Waals surface area contributed by atoms with Gasteiger partial charge in [0, 0.05) is 30.9 Å². The molecule has 1 fully saturated rings. The first-order chi connectivity index (χ1) is 9.49. The van der Waals surface area contributed by atoms with E-state index in [1.54, 1.807) is 16.7 Å². The molecule has 1 N–H and O–H groups in total. The molecule has 1 aliphatic rings. The summed E-state index contributed by atoms with van der Waals surface area (Å²) in [6.45, 7) is -0.277. The Balaban J connectivity index is 1.85. The summed E-state index contributed by atoms with van der Waals surface area (Å²) in [6, 6.07) is 7.27. The highest BCUT2D eigenvalue weighted by atomic mass is 19.1. The first-order valence-corrected chi connectivity index (χ1v) is 6.28. The van der Waals surface area contributed by atoms with E-state index in [2.05, 4.69) is 0 Å². The van der Waals surface area contributed by atoms with E-state index < -0.39 is 18.2 Å². The number of carbonyl (C=O) groups is 2. The molecule has 1 atom stereocenters. The van der Waals surface area contributed by atoms with Crippen molar-refractivity contribution in [1.29, 1.82) is 0 Å². The number of hydrogen-bond acceptors (Lipinski definition) is 2. The van der Waals surface area contributed by atoms with E-state index in [-0.39, 0.29) is 18.9 Å². The van der Waals surface area contributed by atoms with Crippen molar-refractivity contribution in [2.24, 2.45) is 0 Å². The predicted octanol–water partition coefficient (Wildman–Crippen LogP) is 1.58. The fraction of sp³-hybridized carbons (Fsp3) is 0.286. The Morgan fingerprint density at radius 1 is 1.35 bits per heavy atom. The number of aliphatic carboxylic acids is 1. The van der Waals surface area contributed by atoms with Crippen LogP contribution in [0, 0.1) is 0 Å². The van der Waals surface area contributed by atoms with Crippen LogP contribution in [0.25, 0.3) is 5.52 Å². The van der Waals surface area contributed by atoms with E-state index in [0.717, 1.165) is 5.52 Å². The lowest BCUT2D eigenvalue weighted by atomic mass is 10.1. The Labute approximate surface area is 114 Å². The van der Waals surface area contributed by atoms with Crippen molar-refractivity contribution >= 4 is 17.4 Å². The van der Waals surface area contributed by atoms with Gasteiger partial charge in [0.05, 0.1) is 12.1 Å². The number of fused-ring (bicyclic) bond motifs is 1. The highest BCUT2D eigenvalue weighted by Crippen LogP contribution is 2.27. The monoisotopic (exact) mass is 276 g/mol. The van der Waals surface area contributed by atoms with Gasteiger partial charge in [-0.15, -0.1) is 0 Å². The number of hydrogen-bond donors (Lipinski definition) is 1. The van der Waals surface area contributed by atoms with Crippen LogP contribution in [0.1, 0.15) is 16.8 Å². The molecule has 104 valence electrons. The van der Waals surface area contributed by atoms with Crippen LogP contribution in [0.5, 0.6) is 0 Å². The molecule has 0 radical (unpaired) electrons. The minimum Gasteiger partial charge on any atom is -0.479 e. The van der Waals surface area contributed by atoms with E-state index in [1.165, 1.54) is 4.90 Å². The lowest BCUT2D eigenvalue weighted by Gasteiger charge is -2.16. The number of nitrogens with zero attached hydrogens (tertiary/aromatic N) is 2. The first kappa shape index (κ1) is 12.7. The van der Waals surface area contributed by atoms with Crippen molar-refractivity contribution in [1.82, 2.24) is 9.30 Å². The number of carboxylic acid groups (broad SMARTS) is 1. The molecule has 20 heavy (non-hydrogen) atoms. The molecule has 0 spiro atoms. The molecular formula is C14H13FN2O3. The second kappa shape index (κ2) is 4.33. The molecule has 1 saturated heterocycles. The molecular weight excluding hydrogens is 263 g/mol. The Bertz CT molecular complexity index is 664. The molecule has 1 unspecified atom stereocenters. The summed E-state index contributed by atoms with van der Waals surface area (Å²) in [4.78, 5) is 24.4. The topological polar surface area (TPSA) is 62.0 Å². The fourth-order valence-electron chi connectivity index (χ4n) is 2.48. The second-order valence-corrected chi connectivity index (χ2v) is 5.01. The molecule has 6 heteroatoms. The molecule has 3 rings (SSSR count). The third-order valence-electron chi connectivity index (χ3n) is 3.64. The molecule has 5 nitrogen and oxygen atoms in total. The number of likely N-dealkylation sites (tertiary alicyclic amines) is 1. The summed E-state index contributed by atoms with van der Waals surface area (Å²) in [5, 5.41) is 8.84. The number of amides is 1. The Morgan fingerprint density at radius 2 is 2.15 bits per heavy atom. The minimum absolute atomic E-state index is 0.119. The largest absolute Gasteiger partial charge is 0.479 e. The highest BCUT2D eigenvalue weighted by molar-refractivity contribution is 5.96. The number of rotatable bonds is 2. The number of carbonyl (C=O) groups excluding carboxylic acids is 1. The summed E-state index contributed by atoms with van der Waals surface area (Å²) >= 11 is 0. The molecule has 2 aromatic heterocycles. The maximum Gasteiger partial charge on any atom is 0.343 e. The Morgan fingerprint density at radius 3 is 2.80 bits per heavy atom. The van der Waals surface area contributed by atoms with Crippen LogP contribution < -0.4 is 0 Å². The van der Waals surface area contributed by atoms with Crippen LogP contribution in [0.4, 0.5) is 4.39 Å². The van der Waals surface area contributed by atoms with Crippen molar-refractivity contribution in [2.75, 3.05) is 13.1 Å². The van der Waals surface area contributed by atoms with Gasteiger partial charge in [-0.25, -0.2) is 9.18 Å². The van der Waals surface area contributed by atoms with Crippen molar-refractivity contribution in [3.8, 4) is 0 Å². The summed E-state index contributed by atoms with van der Waals surface area (Å²) in [7, 11) is 0. The van der Waals surface area contributed by atoms with Crippen molar-refractivity contribution in [3.05, 3.63) is 42.2 Å². The van der Waals surface area contributed by atoms with Crippen molar-refractivity contribution < 1.29 is 19.1 Å². The number of aromatic nitrogens is 1. The zero-order valence-corrected chi connectivity index (χ0v) is 10.6. The zero-order chi connectivity index (χ0) is 14.3. The van der Waals surface area contributed by atoms with Crippen LogP contribution in [-0.4, -0.2) is 45.0 Å².